The van der Waals surface area contributed by atoms with Gasteiger partial charge in [0.05, 0.1) is 12.0 Å². The zero-order chi connectivity index (χ0) is 14.5. The third-order valence-electron chi connectivity index (χ3n) is 3.04. The lowest BCUT2D eigenvalue weighted by Crippen LogP contribution is -2.25. The first-order chi connectivity index (χ1) is 9.58. The number of carbonyl (C=O) groups excluding carboxylic acids is 1. The second-order valence-electron chi connectivity index (χ2n) is 4.50. The van der Waals surface area contributed by atoms with Crippen molar-refractivity contribution in [3.63, 3.8) is 0 Å². The lowest BCUT2D eigenvalue weighted by molar-refractivity contribution is -0.120. The summed E-state index contributed by atoms with van der Waals surface area (Å²) < 4.78 is 0. The molecule has 0 atom stereocenters. The fraction of sp³-hybridized carbons (Fsp3) is 0.200. The van der Waals surface area contributed by atoms with Gasteiger partial charge >= 0.3 is 5.97 Å². The van der Waals surface area contributed by atoms with E-state index >= 15 is 0 Å². The maximum absolute atomic E-state index is 11.9. The SMILES string of the molecule is Cc1cscc1CNC(=O)Cc1ccccc1C(=O)O. The van der Waals surface area contributed by atoms with E-state index in [1.807, 2.05) is 17.7 Å². The fourth-order valence-corrected chi connectivity index (χ4v) is 2.74. The smallest absolute Gasteiger partial charge is 0.335 e. The van der Waals surface area contributed by atoms with Crippen LogP contribution in [0.25, 0.3) is 0 Å². The highest BCUT2D eigenvalue weighted by Gasteiger charge is 2.12. The van der Waals surface area contributed by atoms with Crippen LogP contribution in [0.2, 0.25) is 0 Å². The van der Waals surface area contributed by atoms with Gasteiger partial charge in [-0.25, -0.2) is 4.79 Å². The molecule has 0 saturated carbocycles. The van der Waals surface area contributed by atoms with Gasteiger partial charge in [-0.2, -0.15) is 11.3 Å². The quantitative estimate of drug-likeness (QED) is 0.889. The molecular formula is C15H15NO3S. The predicted molar refractivity (Wildman–Crippen MR) is 78.0 cm³/mol. The third kappa shape index (κ3) is 3.45. The van der Waals surface area contributed by atoms with E-state index in [1.165, 1.54) is 6.07 Å². The summed E-state index contributed by atoms with van der Waals surface area (Å²) in [5.41, 5.74) is 2.95. The molecule has 1 amide bonds. The zero-order valence-electron chi connectivity index (χ0n) is 11.1. The van der Waals surface area contributed by atoms with Crippen molar-refractivity contribution in [2.75, 3.05) is 0 Å². The number of aromatic carboxylic acids is 1. The highest BCUT2D eigenvalue weighted by atomic mass is 32.1. The number of amides is 1. The van der Waals surface area contributed by atoms with E-state index in [1.54, 1.807) is 29.5 Å². The Bertz CT molecular complexity index is 634. The van der Waals surface area contributed by atoms with Gasteiger partial charge in [-0.15, -0.1) is 0 Å². The summed E-state index contributed by atoms with van der Waals surface area (Å²) in [5.74, 6) is -1.19. The molecular weight excluding hydrogens is 274 g/mol. The maximum atomic E-state index is 11.9. The van der Waals surface area contributed by atoms with E-state index in [0.29, 0.717) is 12.1 Å². The Morgan fingerprint density at radius 1 is 1.20 bits per heavy atom. The predicted octanol–water partition coefficient (Wildman–Crippen LogP) is 2.61. The first-order valence-corrected chi connectivity index (χ1v) is 7.11. The van der Waals surface area contributed by atoms with E-state index in [9.17, 15) is 9.59 Å². The minimum absolute atomic E-state index is 0.0751. The molecule has 1 heterocycles. The number of benzene rings is 1. The molecule has 2 rings (SSSR count). The summed E-state index contributed by atoms with van der Waals surface area (Å²) >= 11 is 1.60. The molecule has 1 aromatic heterocycles. The fourth-order valence-electron chi connectivity index (χ4n) is 1.88. The molecule has 2 aromatic rings. The van der Waals surface area contributed by atoms with Crippen LogP contribution in [0, 0.1) is 6.92 Å². The average Bonchev–Trinajstić information content (AvgIpc) is 2.82. The first kappa shape index (κ1) is 14.3. The number of aryl methyl sites for hydroxylation is 1. The number of hydrogen-bond donors (Lipinski definition) is 2. The Balaban J connectivity index is 1.98. The van der Waals surface area contributed by atoms with Gasteiger partial charge in [-0.05, 0) is 40.4 Å². The molecule has 0 aliphatic rings. The monoisotopic (exact) mass is 289 g/mol. The van der Waals surface area contributed by atoms with Crippen LogP contribution in [0.15, 0.2) is 35.0 Å². The van der Waals surface area contributed by atoms with Gasteiger partial charge in [0.15, 0.2) is 0 Å². The molecule has 0 aliphatic carbocycles. The molecule has 0 bridgehead atoms. The highest BCUT2D eigenvalue weighted by Crippen LogP contribution is 2.13. The number of carboxylic acids is 1. The van der Waals surface area contributed by atoms with Crippen molar-refractivity contribution < 1.29 is 14.7 Å². The molecule has 4 nitrogen and oxygen atoms in total. The summed E-state index contributed by atoms with van der Waals surface area (Å²) in [4.78, 5) is 23.0. The van der Waals surface area contributed by atoms with Gasteiger partial charge in [0.25, 0.3) is 0 Å². The summed E-state index contributed by atoms with van der Waals surface area (Å²) in [7, 11) is 0. The minimum atomic E-state index is -1.01. The van der Waals surface area contributed by atoms with E-state index in [0.717, 1.165) is 11.1 Å². The van der Waals surface area contributed by atoms with Crippen molar-refractivity contribution in [1.29, 1.82) is 0 Å². The molecule has 20 heavy (non-hydrogen) atoms. The Labute approximate surface area is 121 Å². The topological polar surface area (TPSA) is 66.4 Å². The van der Waals surface area contributed by atoms with Crippen LogP contribution in [0.1, 0.15) is 27.0 Å². The van der Waals surface area contributed by atoms with Crippen LogP contribution in [-0.2, 0) is 17.8 Å². The van der Waals surface area contributed by atoms with E-state index in [-0.39, 0.29) is 17.9 Å². The Kier molecular flexibility index (Phi) is 4.53. The van der Waals surface area contributed by atoms with Crippen LogP contribution in [0.5, 0.6) is 0 Å². The Morgan fingerprint density at radius 2 is 1.95 bits per heavy atom. The minimum Gasteiger partial charge on any atom is -0.478 e. The van der Waals surface area contributed by atoms with Crippen molar-refractivity contribution >= 4 is 23.2 Å². The van der Waals surface area contributed by atoms with E-state index in [2.05, 4.69) is 5.32 Å². The highest BCUT2D eigenvalue weighted by molar-refractivity contribution is 7.08. The molecule has 0 aliphatic heterocycles. The number of carboxylic acid groups (broad SMARTS) is 1. The number of rotatable bonds is 5. The largest absolute Gasteiger partial charge is 0.478 e. The maximum Gasteiger partial charge on any atom is 0.335 e. The molecule has 104 valence electrons. The molecule has 2 N–H and O–H groups in total. The second-order valence-corrected chi connectivity index (χ2v) is 5.24. The molecule has 5 heteroatoms. The van der Waals surface area contributed by atoms with Crippen molar-refractivity contribution in [3.8, 4) is 0 Å². The Hall–Kier alpha value is -2.14. The molecule has 0 saturated heterocycles. The van der Waals surface area contributed by atoms with Crippen LogP contribution in [0.3, 0.4) is 0 Å². The van der Waals surface area contributed by atoms with E-state index < -0.39 is 5.97 Å². The Morgan fingerprint density at radius 3 is 2.60 bits per heavy atom. The average molecular weight is 289 g/mol. The van der Waals surface area contributed by atoms with Gasteiger partial charge in [0.1, 0.15) is 0 Å². The molecule has 0 spiro atoms. The van der Waals surface area contributed by atoms with Gasteiger partial charge < -0.3 is 10.4 Å². The first-order valence-electron chi connectivity index (χ1n) is 6.17. The van der Waals surface area contributed by atoms with Crippen LogP contribution >= 0.6 is 11.3 Å². The lowest BCUT2D eigenvalue weighted by Gasteiger charge is -2.07. The summed E-state index contributed by atoms with van der Waals surface area (Å²) in [6.07, 6.45) is 0.0751. The van der Waals surface area contributed by atoms with Gasteiger partial charge in [0, 0.05) is 6.54 Å². The number of hydrogen-bond acceptors (Lipinski definition) is 3. The van der Waals surface area contributed by atoms with Crippen LogP contribution in [0.4, 0.5) is 0 Å². The van der Waals surface area contributed by atoms with E-state index in [4.69, 9.17) is 5.11 Å². The third-order valence-corrected chi connectivity index (χ3v) is 3.95. The van der Waals surface area contributed by atoms with Crippen molar-refractivity contribution in [2.45, 2.75) is 19.9 Å². The summed E-state index contributed by atoms with van der Waals surface area (Å²) in [6, 6.07) is 6.56. The normalized spacial score (nSPS) is 10.2. The summed E-state index contributed by atoms with van der Waals surface area (Å²) in [5, 5.41) is 15.9. The number of carbonyl (C=O) groups is 2. The standard InChI is InChI=1S/C15H15NO3S/c1-10-8-20-9-12(10)7-16-14(17)6-11-4-2-3-5-13(11)15(18)19/h2-5,8-9H,6-7H2,1H3,(H,16,17)(H,18,19). The molecule has 0 unspecified atom stereocenters. The van der Waals surface area contributed by atoms with Crippen molar-refractivity contribution in [3.05, 3.63) is 57.3 Å². The van der Waals surface area contributed by atoms with Crippen LogP contribution in [-0.4, -0.2) is 17.0 Å². The zero-order valence-corrected chi connectivity index (χ0v) is 11.9. The number of thiophene rings is 1. The molecule has 0 radical (unpaired) electrons. The van der Waals surface area contributed by atoms with Crippen molar-refractivity contribution in [1.82, 2.24) is 5.32 Å². The summed E-state index contributed by atoms with van der Waals surface area (Å²) in [6.45, 7) is 2.47. The van der Waals surface area contributed by atoms with Gasteiger partial charge in [-0.1, -0.05) is 18.2 Å². The lowest BCUT2D eigenvalue weighted by atomic mass is 10.0. The molecule has 0 fully saturated rings. The number of nitrogens with one attached hydrogen (secondary N) is 1. The van der Waals surface area contributed by atoms with Gasteiger partial charge in [-0.3, -0.25) is 4.79 Å². The second kappa shape index (κ2) is 6.34. The van der Waals surface area contributed by atoms with Crippen molar-refractivity contribution in [2.24, 2.45) is 0 Å². The van der Waals surface area contributed by atoms with Crippen LogP contribution < -0.4 is 5.32 Å². The molecule has 1 aromatic carbocycles. The van der Waals surface area contributed by atoms with Gasteiger partial charge in [0.2, 0.25) is 5.91 Å².